The molecule has 0 aliphatic carbocycles. The van der Waals surface area contributed by atoms with Gasteiger partial charge < -0.3 is 10.0 Å². The molecule has 3 rings (SSSR count). The molecule has 0 aromatic heterocycles. The number of fused-ring (bicyclic) bond motifs is 1. The normalized spacial score (nSPS) is 23.7. The number of benzene rings is 1. The Morgan fingerprint density at radius 3 is 2.83 bits per heavy atom. The van der Waals surface area contributed by atoms with Crippen molar-refractivity contribution in [3.05, 3.63) is 35.4 Å². The van der Waals surface area contributed by atoms with E-state index in [9.17, 15) is 9.90 Å². The minimum atomic E-state index is -0.184. The lowest BCUT2D eigenvalue weighted by atomic mass is 10.1. The van der Waals surface area contributed by atoms with Crippen LogP contribution < -0.4 is 0 Å². The van der Waals surface area contributed by atoms with Gasteiger partial charge in [0.05, 0.1) is 6.10 Å². The maximum Gasteiger partial charge on any atom is 0.254 e. The molecule has 1 N–H and O–H groups in total. The standard InChI is InChI=1S/C14H18N2O2/c17-12-5-6-15(10-12)7-8-16-9-11-3-1-2-4-13(11)14(16)18/h1-4,12,17H,5-10H2/t12-/m1/s1. The molecule has 1 saturated heterocycles. The molecular formula is C14H18N2O2. The Morgan fingerprint density at radius 2 is 2.11 bits per heavy atom. The van der Waals surface area contributed by atoms with Crippen LogP contribution in [-0.2, 0) is 6.54 Å². The predicted octanol–water partition coefficient (Wildman–Crippen LogP) is 0.709. The first-order chi connectivity index (χ1) is 8.74. The van der Waals surface area contributed by atoms with Gasteiger partial charge in [0.15, 0.2) is 0 Å². The fourth-order valence-electron chi connectivity index (χ4n) is 2.77. The van der Waals surface area contributed by atoms with E-state index in [2.05, 4.69) is 4.90 Å². The van der Waals surface area contributed by atoms with Crippen LogP contribution in [0.3, 0.4) is 0 Å². The summed E-state index contributed by atoms with van der Waals surface area (Å²) in [6, 6.07) is 7.81. The summed E-state index contributed by atoms with van der Waals surface area (Å²) in [7, 11) is 0. The lowest BCUT2D eigenvalue weighted by molar-refractivity contribution is 0.0760. The van der Waals surface area contributed by atoms with Crippen LogP contribution in [0.5, 0.6) is 0 Å². The van der Waals surface area contributed by atoms with Gasteiger partial charge in [-0.3, -0.25) is 9.69 Å². The number of aliphatic hydroxyl groups is 1. The third kappa shape index (κ3) is 2.13. The Labute approximate surface area is 107 Å². The predicted molar refractivity (Wildman–Crippen MR) is 68.2 cm³/mol. The van der Waals surface area contributed by atoms with E-state index in [-0.39, 0.29) is 12.0 Å². The maximum absolute atomic E-state index is 12.1. The Kier molecular flexibility index (Phi) is 3.06. The van der Waals surface area contributed by atoms with Crippen molar-refractivity contribution in [3.8, 4) is 0 Å². The van der Waals surface area contributed by atoms with Gasteiger partial charge in [0.1, 0.15) is 0 Å². The molecular weight excluding hydrogens is 228 g/mol. The molecule has 4 nitrogen and oxygen atoms in total. The molecule has 2 heterocycles. The number of β-amino-alcohol motifs (C(OH)–C–C–N with tert-alkyl or cyclic N) is 1. The van der Waals surface area contributed by atoms with Crippen molar-refractivity contribution in [2.75, 3.05) is 26.2 Å². The summed E-state index contributed by atoms with van der Waals surface area (Å²) >= 11 is 0. The fraction of sp³-hybridized carbons (Fsp3) is 0.500. The van der Waals surface area contributed by atoms with E-state index in [0.29, 0.717) is 0 Å². The van der Waals surface area contributed by atoms with E-state index in [0.717, 1.165) is 50.3 Å². The second kappa shape index (κ2) is 4.71. The van der Waals surface area contributed by atoms with Crippen LogP contribution >= 0.6 is 0 Å². The Hall–Kier alpha value is -1.39. The number of likely N-dealkylation sites (tertiary alicyclic amines) is 1. The first kappa shape index (κ1) is 11.7. The lowest BCUT2D eigenvalue weighted by Gasteiger charge is -2.20. The molecule has 0 saturated carbocycles. The highest BCUT2D eigenvalue weighted by Crippen LogP contribution is 2.22. The molecule has 1 atom stereocenters. The van der Waals surface area contributed by atoms with Crippen LogP contribution in [0.2, 0.25) is 0 Å². The van der Waals surface area contributed by atoms with E-state index >= 15 is 0 Å². The summed E-state index contributed by atoms with van der Waals surface area (Å²) in [6.07, 6.45) is 0.672. The SMILES string of the molecule is O=C1c2ccccc2CN1CCN1CC[C@@H](O)C1. The number of amides is 1. The van der Waals surface area contributed by atoms with Gasteiger partial charge in [-0.15, -0.1) is 0 Å². The van der Waals surface area contributed by atoms with E-state index in [4.69, 9.17) is 0 Å². The highest BCUT2D eigenvalue weighted by Gasteiger charge is 2.27. The van der Waals surface area contributed by atoms with Crippen LogP contribution in [0.1, 0.15) is 22.3 Å². The molecule has 0 spiro atoms. The minimum absolute atomic E-state index is 0.144. The number of hydrogen-bond donors (Lipinski definition) is 1. The van der Waals surface area contributed by atoms with E-state index in [1.54, 1.807) is 0 Å². The lowest BCUT2D eigenvalue weighted by Crippen LogP contribution is -2.34. The van der Waals surface area contributed by atoms with Gasteiger partial charge in [0.25, 0.3) is 5.91 Å². The van der Waals surface area contributed by atoms with E-state index in [1.807, 2.05) is 29.2 Å². The highest BCUT2D eigenvalue weighted by molar-refractivity contribution is 5.98. The van der Waals surface area contributed by atoms with Crippen LogP contribution in [0.15, 0.2) is 24.3 Å². The van der Waals surface area contributed by atoms with Crippen LogP contribution in [0, 0.1) is 0 Å². The number of rotatable bonds is 3. The maximum atomic E-state index is 12.1. The molecule has 96 valence electrons. The van der Waals surface area contributed by atoms with Gasteiger partial charge in [-0.1, -0.05) is 18.2 Å². The topological polar surface area (TPSA) is 43.8 Å². The van der Waals surface area contributed by atoms with Crippen molar-refractivity contribution in [3.63, 3.8) is 0 Å². The third-order valence-electron chi connectivity index (χ3n) is 3.83. The molecule has 0 radical (unpaired) electrons. The zero-order chi connectivity index (χ0) is 12.5. The number of carbonyl (C=O) groups is 1. The molecule has 0 bridgehead atoms. The monoisotopic (exact) mass is 246 g/mol. The molecule has 0 unspecified atom stereocenters. The Bertz CT molecular complexity index is 461. The number of carbonyl (C=O) groups excluding carboxylic acids is 1. The average Bonchev–Trinajstić information content (AvgIpc) is 2.92. The number of aliphatic hydroxyl groups excluding tert-OH is 1. The smallest absolute Gasteiger partial charge is 0.254 e. The zero-order valence-electron chi connectivity index (χ0n) is 10.4. The fourth-order valence-corrected chi connectivity index (χ4v) is 2.77. The summed E-state index contributed by atoms with van der Waals surface area (Å²) < 4.78 is 0. The second-order valence-electron chi connectivity index (χ2n) is 5.13. The van der Waals surface area contributed by atoms with Crippen LogP contribution in [-0.4, -0.2) is 53.1 Å². The summed E-state index contributed by atoms with van der Waals surface area (Å²) in [5.41, 5.74) is 1.97. The van der Waals surface area contributed by atoms with Crippen molar-refractivity contribution in [1.29, 1.82) is 0 Å². The van der Waals surface area contributed by atoms with Gasteiger partial charge in [0.2, 0.25) is 0 Å². The molecule has 1 amide bonds. The molecule has 1 fully saturated rings. The molecule has 2 aliphatic heterocycles. The molecule has 18 heavy (non-hydrogen) atoms. The number of nitrogens with zero attached hydrogens (tertiary/aromatic N) is 2. The van der Waals surface area contributed by atoms with Gasteiger partial charge in [-0.05, 0) is 18.1 Å². The van der Waals surface area contributed by atoms with Crippen molar-refractivity contribution in [2.45, 2.75) is 19.1 Å². The van der Waals surface area contributed by atoms with Gasteiger partial charge >= 0.3 is 0 Å². The number of hydrogen-bond acceptors (Lipinski definition) is 3. The van der Waals surface area contributed by atoms with Crippen molar-refractivity contribution in [1.82, 2.24) is 9.80 Å². The van der Waals surface area contributed by atoms with Gasteiger partial charge in [-0.2, -0.15) is 0 Å². The molecule has 1 aromatic carbocycles. The van der Waals surface area contributed by atoms with Crippen molar-refractivity contribution in [2.24, 2.45) is 0 Å². The minimum Gasteiger partial charge on any atom is -0.392 e. The second-order valence-corrected chi connectivity index (χ2v) is 5.13. The summed E-state index contributed by atoms with van der Waals surface area (Å²) in [5, 5.41) is 9.46. The van der Waals surface area contributed by atoms with E-state index in [1.165, 1.54) is 0 Å². The largest absolute Gasteiger partial charge is 0.392 e. The Morgan fingerprint density at radius 1 is 1.28 bits per heavy atom. The molecule has 1 aromatic rings. The van der Waals surface area contributed by atoms with Crippen LogP contribution in [0.4, 0.5) is 0 Å². The van der Waals surface area contributed by atoms with Gasteiger partial charge in [0, 0.05) is 38.3 Å². The zero-order valence-corrected chi connectivity index (χ0v) is 10.4. The van der Waals surface area contributed by atoms with E-state index < -0.39 is 0 Å². The summed E-state index contributed by atoms with van der Waals surface area (Å²) in [4.78, 5) is 16.2. The van der Waals surface area contributed by atoms with Crippen molar-refractivity contribution >= 4 is 5.91 Å². The third-order valence-corrected chi connectivity index (χ3v) is 3.83. The van der Waals surface area contributed by atoms with Crippen molar-refractivity contribution < 1.29 is 9.90 Å². The van der Waals surface area contributed by atoms with Gasteiger partial charge in [-0.25, -0.2) is 0 Å². The summed E-state index contributed by atoms with van der Waals surface area (Å²) in [6.45, 7) is 4.02. The highest BCUT2D eigenvalue weighted by atomic mass is 16.3. The first-order valence-corrected chi connectivity index (χ1v) is 6.51. The molecule has 2 aliphatic rings. The summed E-state index contributed by atoms with van der Waals surface area (Å²) in [5.74, 6) is 0.144. The molecule has 4 heteroatoms. The first-order valence-electron chi connectivity index (χ1n) is 6.51. The average molecular weight is 246 g/mol. The quantitative estimate of drug-likeness (QED) is 0.854. The van der Waals surface area contributed by atoms with Crippen LogP contribution in [0.25, 0.3) is 0 Å². The Balaban J connectivity index is 1.58.